The molecule has 0 spiro atoms. The van der Waals surface area contributed by atoms with Crippen LogP contribution in [0.15, 0.2) is 18.7 Å². The second-order valence-corrected chi connectivity index (χ2v) is 16.6. The molecule has 1 aromatic rings. The quantitative estimate of drug-likeness (QED) is 0.0509. The maximum atomic E-state index is 12.4. The van der Waals surface area contributed by atoms with Gasteiger partial charge in [-0.3, -0.25) is 9.59 Å². The third-order valence-corrected chi connectivity index (χ3v) is 11.8. The van der Waals surface area contributed by atoms with E-state index >= 15 is 0 Å². The van der Waals surface area contributed by atoms with Crippen LogP contribution in [0.4, 0.5) is 0 Å². The van der Waals surface area contributed by atoms with Crippen LogP contribution in [0.1, 0.15) is 194 Å². The van der Waals surface area contributed by atoms with Crippen molar-refractivity contribution in [3.05, 3.63) is 18.7 Å². The minimum Gasteiger partial charge on any atom is -0.466 e. The van der Waals surface area contributed by atoms with E-state index in [0.717, 1.165) is 70.0 Å². The highest BCUT2D eigenvalue weighted by atomic mass is 16.5. The second-order valence-electron chi connectivity index (χ2n) is 16.6. The average Bonchev–Trinajstić information content (AvgIpc) is 3.61. The van der Waals surface area contributed by atoms with Gasteiger partial charge in [0.15, 0.2) is 0 Å². The zero-order valence-corrected chi connectivity index (χ0v) is 33.4. The van der Waals surface area contributed by atoms with Gasteiger partial charge in [0.05, 0.1) is 26.0 Å². The predicted octanol–water partition coefficient (Wildman–Crippen LogP) is 11.5. The molecular formula is C44H79N3O4. The molecule has 0 amide bonds. The number of aromatic nitrogens is 2. The number of ether oxygens (including phenoxy) is 2. The number of nitrogens with zero attached hydrogens (tertiary/aromatic N) is 3. The minimum absolute atomic E-state index is 0.00773. The Morgan fingerprint density at radius 2 is 1.25 bits per heavy atom. The van der Waals surface area contributed by atoms with E-state index in [1.807, 2.05) is 12.5 Å². The monoisotopic (exact) mass is 714 g/mol. The topological polar surface area (TPSA) is 73.7 Å². The van der Waals surface area contributed by atoms with Gasteiger partial charge in [-0.25, -0.2) is 4.98 Å². The summed E-state index contributed by atoms with van der Waals surface area (Å²) in [4.78, 5) is 31.4. The molecule has 0 N–H and O–H groups in total. The molecule has 3 aliphatic rings. The highest BCUT2D eigenvalue weighted by molar-refractivity contribution is 5.71. The van der Waals surface area contributed by atoms with Crippen LogP contribution in [-0.2, 0) is 25.6 Å². The molecule has 3 saturated carbocycles. The highest BCUT2D eigenvalue weighted by Gasteiger charge is 2.57. The van der Waals surface area contributed by atoms with E-state index in [-0.39, 0.29) is 11.9 Å². The lowest BCUT2D eigenvalue weighted by Crippen LogP contribution is -2.52. The number of hydrogen-bond acceptors (Lipinski definition) is 6. The molecular weight excluding hydrogens is 635 g/mol. The molecule has 0 atom stereocenters. The van der Waals surface area contributed by atoms with E-state index in [1.54, 1.807) is 0 Å². The third kappa shape index (κ3) is 20.2. The molecule has 0 radical (unpaired) electrons. The molecule has 3 fully saturated rings. The number of hydrogen-bond donors (Lipinski definition) is 0. The van der Waals surface area contributed by atoms with Crippen LogP contribution >= 0.6 is 0 Å². The first kappa shape index (κ1) is 43.5. The van der Waals surface area contributed by atoms with Gasteiger partial charge in [0.25, 0.3) is 0 Å². The van der Waals surface area contributed by atoms with Gasteiger partial charge in [0, 0.05) is 25.4 Å². The van der Waals surface area contributed by atoms with Gasteiger partial charge in [-0.15, -0.1) is 0 Å². The Balaban J connectivity index is 1.17. The van der Waals surface area contributed by atoms with Crippen molar-refractivity contribution in [1.82, 2.24) is 14.5 Å². The molecule has 7 nitrogen and oxygen atoms in total. The summed E-state index contributed by atoms with van der Waals surface area (Å²) in [5, 5.41) is 0. The summed E-state index contributed by atoms with van der Waals surface area (Å²) in [5.74, 6) is 1.69. The van der Waals surface area contributed by atoms with Gasteiger partial charge in [-0.1, -0.05) is 123 Å². The van der Waals surface area contributed by atoms with Crippen molar-refractivity contribution >= 4 is 11.9 Å². The van der Waals surface area contributed by atoms with Crippen LogP contribution in [0.3, 0.4) is 0 Å². The second kappa shape index (κ2) is 27.7. The molecule has 3 aliphatic carbocycles. The first-order valence-electron chi connectivity index (χ1n) is 22.0. The fraction of sp³-hybridized carbons (Fsp3) is 0.886. The summed E-state index contributed by atoms with van der Waals surface area (Å²) < 4.78 is 13.4. The summed E-state index contributed by atoms with van der Waals surface area (Å²) in [5.41, 5.74) is 0.358. The lowest BCUT2D eigenvalue weighted by molar-refractivity contribution is -0.164. The van der Waals surface area contributed by atoms with Crippen molar-refractivity contribution in [2.75, 3.05) is 32.8 Å². The Morgan fingerprint density at radius 1 is 0.686 bits per heavy atom. The molecule has 51 heavy (non-hydrogen) atoms. The molecule has 0 aromatic carbocycles. The molecule has 0 saturated heterocycles. The zero-order chi connectivity index (χ0) is 36.2. The predicted molar refractivity (Wildman–Crippen MR) is 211 cm³/mol. The summed E-state index contributed by atoms with van der Waals surface area (Å²) in [7, 11) is 0. The lowest BCUT2D eigenvalue weighted by atomic mass is 9.43. The zero-order valence-electron chi connectivity index (χ0n) is 33.4. The van der Waals surface area contributed by atoms with Crippen LogP contribution in [0.25, 0.3) is 0 Å². The SMILES string of the molecule is CCCCCCC(CCCCCC)CCOC(=O)CCCCCCCN(CCCCCCCCOC(=O)CC12CC(C1)C2)CCCn1ccnc1. The smallest absolute Gasteiger partial charge is 0.306 e. The van der Waals surface area contributed by atoms with E-state index in [0.29, 0.717) is 31.5 Å². The van der Waals surface area contributed by atoms with E-state index in [4.69, 9.17) is 9.47 Å². The number of rotatable bonds is 36. The largest absolute Gasteiger partial charge is 0.466 e. The number of esters is 2. The lowest BCUT2D eigenvalue weighted by Gasteiger charge is -2.61. The third-order valence-electron chi connectivity index (χ3n) is 11.8. The molecule has 1 aromatic heterocycles. The Labute approximate surface area is 313 Å². The summed E-state index contributed by atoms with van der Waals surface area (Å²) in [6.07, 6.45) is 39.2. The van der Waals surface area contributed by atoms with Crippen molar-refractivity contribution in [1.29, 1.82) is 0 Å². The molecule has 2 bridgehead atoms. The fourth-order valence-electron chi connectivity index (χ4n) is 8.49. The van der Waals surface area contributed by atoms with Crippen LogP contribution in [-0.4, -0.2) is 59.2 Å². The normalized spacial score (nSPS) is 17.8. The summed E-state index contributed by atoms with van der Waals surface area (Å²) in [6.45, 7) is 10.3. The van der Waals surface area contributed by atoms with Crippen molar-refractivity contribution in [3.8, 4) is 0 Å². The van der Waals surface area contributed by atoms with Crippen LogP contribution < -0.4 is 0 Å². The standard InChI is InChI=1S/C44H79N3O4/c1-3-5-7-16-23-40(24-17-8-6-4-2)26-34-51-42(48)25-18-12-11-14-20-29-46(30-22-31-47-32-27-45-39-47)28-19-13-9-10-15-21-33-50-43(49)38-44-35-41(36-44)37-44/h27,32,39-41H,3-26,28-31,33-38H2,1-2H3. The first-order chi connectivity index (χ1) is 25.0. The van der Waals surface area contributed by atoms with Crippen molar-refractivity contribution in [2.24, 2.45) is 17.3 Å². The Kier molecular flexibility index (Phi) is 23.6. The van der Waals surface area contributed by atoms with E-state index in [9.17, 15) is 9.59 Å². The van der Waals surface area contributed by atoms with E-state index in [2.05, 4.69) is 34.5 Å². The molecule has 7 heteroatoms. The average molecular weight is 714 g/mol. The molecule has 1 heterocycles. The van der Waals surface area contributed by atoms with E-state index in [1.165, 1.54) is 135 Å². The summed E-state index contributed by atoms with van der Waals surface area (Å²) >= 11 is 0. The number of carbonyl (C=O) groups excluding carboxylic acids is 2. The van der Waals surface area contributed by atoms with Crippen molar-refractivity contribution in [2.45, 2.75) is 200 Å². The Morgan fingerprint density at radius 3 is 1.84 bits per heavy atom. The Hall–Kier alpha value is -1.89. The van der Waals surface area contributed by atoms with Gasteiger partial charge < -0.3 is 18.9 Å². The van der Waals surface area contributed by atoms with Gasteiger partial charge in [-0.2, -0.15) is 0 Å². The van der Waals surface area contributed by atoms with Crippen LogP contribution in [0, 0.1) is 17.3 Å². The molecule has 0 aliphatic heterocycles. The number of imidazole rings is 1. The molecule has 4 rings (SSSR count). The van der Waals surface area contributed by atoms with Crippen molar-refractivity contribution < 1.29 is 19.1 Å². The minimum atomic E-state index is 0.00773. The Bertz CT molecular complexity index is 969. The number of unbranched alkanes of at least 4 members (excludes halogenated alkanes) is 15. The van der Waals surface area contributed by atoms with Gasteiger partial charge in [-0.05, 0) is 94.7 Å². The summed E-state index contributed by atoms with van der Waals surface area (Å²) in [6, 6.07) is 0. The molecule has 0 unspecified atom stereocenters. The fourth-order valence-corrected chi connectivity index (χ4v) is 8.49. The maximum Gasteiger partial charge on any atom is 0.306 e. The molecule has 294 valence electrons. The van der Waals surface area contributed by atoms with E-state index < -0.39 is 0 Å². The van der Waals surface area contributed by atoms with Gasteiger partial charge >= 0.3 is 11.9 Å². The first-order valence-corrected chi connectivity index (χ1v) is 22.0. The van der Waals surface area contributed by atoms with Crippen LogP contribution in [0.2, 0.25) is 0 Å². The highest BCUT2D eigenvalue weighted by Crippen LogP contribution is 2.66. The maximum absolute atomic E-state index is 12.4. The number of carbonyl (C=O) groups is 2. The van der Waals surface area contributed by atoms with Crippen LogP contribution in [0.5, 0.6) is 0 Å². The van der Waals surface area contributed by atoms with Gasteiger partial charge in [0.2, 0.25) is 0 Å². The number of aryl methyl sites for hydroxylation is 1. The van der Waals surface area contributed by atoms with Gasteiger partial charge in [0.1, 0.15) is 0 Å². The van der Waals surface area contributed by atoms with Crippen molar-refractivity contribution in [3.63, 3.8) is 0 Å².